The van der Waals surface area contributed by atoms with Gasteiger partial charge in [-0.2, -0.15) is 0 Å². The van der Waals surface area contributed by atoms with Gasteiger partial charge in [0.05, 0.1) is 16.4 Å². The number of hydrogen-bond donors (Lipinski definition) is 0. The minimum absolute atomic E-state index is 0.588. The molecule has 0 N–H and O–H groups in total. The smallest absolute Gasteiger partial charge is 0.227 e. The van der Waals surface area contributed by atoms with E-state index >= 15 is 0 Å². The van der Waals surface area contributed by atoms with Gasteiger partial charge in [0, 0.05) is 67.4 Å². The molecule has 0 saturated carbocycles. The predicted octanol–water partition coefficient (Wildman–Crippen LogP) is 13.9. The first kappa shape index (κ1) is 29.9. The van der Waals surface area contributed by atoms with Crippen LogP contribution in [0.1, 0.15) is 0 Å². The van der Waals surface area contributed by atoms with E-state index in [2.05, 4.69) is 131 Å². The van der Waals surface area contributed by atoms with E-state index in [0.29, 0.717) is 5.89 Å². The average Bonchev–Trinajstić information content (AvgIpc) is 4.01. The molecule has 0 unspecified atom stereocenters. The van der Waals surface area contributed by atoms with Crippen LogP contribution in [0.3, 0.4) is 0 Å². The molecule has 12 aromatic rings. The van der Waals surface area contributed by atoms with Gasteiger partial charge in [0.2, 0.25) is 5.89 Å². The minimum Gasteiger partial charge on any atom is -0.456 e. The number of anilines is 3. The Morgan fingerprint density at radius 1 is 0.418 bits per heavy atom. The van der Waals surface area contributed by atoms with Gasteiger partial charge in [-0.05, 0) is 91.0 Å². The van der Waals surface area contributed by atoms with E-state index in [1.54, 1.807) is 0 Å². The zero-order valence-electron chi connectivity index (χ0n) is 29.3. The van der Waals surface area contributed by atoms with Gasteiger partial charge < -0.3 is 22.7 Å². The molecule has 0 bridgehead atoms. The zero-order valence-corrected chi connectivity index (χ0v) is 29.3. The lowest BCUT2D eigenvalue weighted by molar-refractivity contribution is 0.622. The first-order valence-electron chi connectivity index (χ1n) is 18.4. The summed E-state index contributed by atoms with van der Waals surface area (Å²) in [6.07, 6.45) is 0. The summed E-state index contributed by atoms with van der Waals surface area (Å²) in [4.78, 5) is 7.11. The molecule has 0 aliphatic heterocycles. The Bertz CT molecular complexity index is 3440. The Morgan fingerprint density at radius 3 is 1.87 bits per heavy atom. The Morgan fingerprint density at radius 2 is 1.04 bits per heavy atom. The summed E-state index contributed by atoms with van der Waals surface area (Å²) in [5.41, 5.74) is 12.0. The average molecular weight is 708 g/mol. The van der Waals surface area contributed by atoms with Crippen molar-refractivity contribution in [3.63, 3.8) is 0 Å². The summed E-state index contributed by atoms with van der Waals surface area (Å²) in [6.45, 7) is 0. The Balaban J connectivity index is 1.08. The maximum atomic E-state index is 6.59. The van der Waals surface area contributed by atoms with E-state index in [1.807, 2.05) is 54.6 Å². The molecular formula is C49H29N3O3. The summed E-state index contributed by atoms with van der Waals surface area (Å²) in [6, 6.07) is 60.9. The third-order valence-corrected chi connectivity index (χ3v) is 10.8. The highest BCUT2D eigenvalue weighted by atomic mass is 16.4. The molecule has 8 aromatic carbocycles. The molecule has 4 heterocycles. The molecule has 258 valence electrons. The van der Waals surface area contributed by atoms with Gasteiger partial charge in [0.25, 0.3) is 0 Å². The molecule has 0 radical (unpaired) electrons. The van der Waals surface area contributed by atoms with Crippen molar-refractivity contribution in [1.82, 2.24) is 9.55 Å². The first-order valence-corrected chi connectivity index (χ1v) is 18.4. The quantitative estimate of drug-likeness (QED) is 0.178. The summed E-state index contributed by atoms with van der Waals surface area (Å²) >= 11 is 0. The summed E-state index contributed by atoms with van der Waals surface area (Å²) < 4.78 is 21.8. The van der Waals surface area contributed by atoms with Crippen molar-refractivity contribution in [2.75, 3.05) is 4.90 Å². The topological polar surface area (TPSA) is 60.5 Å². The van der Waals surface area contributed by atoms with Crippen LogP contribution in [-0.4, -0.2) is 9.55 Å². The lowest BCUT2D eigenvalue weighted by Gasteiger charge is -2.25. The summed E-state index contributed by atoms with van der Waals surface area (Å²) in [7, 11) is 0. The second-order valence-corrected chi connectivity index (χ2v) is 14.0. The number of benzene rings is 8. The van der Waals surface area contributed by atoms with Crippen LogP contribution >= 0.6 is 0 Å². The van der Waals surface area contributed by atoms with Gasteiger partial charge in [-0.3, -0.25) is 0 Å². The molecule has 0 amide bonds. The van der Waals surface area contributed by atoms with E-state index in [4.69, 9.17) is 18.2 Å². The van der Waals surface area contributed by atoms with Gasteiger partial charge >= 0.3 is 0 Å². The zero-order chi connectivity index (χ0) is 36.0. The SMILES string of the molecule is c1ccc(-c2nc3ccc4oc5cc(N(c6ccc7c(c6)oc6ccccc67)c6ccc7c(c6)c6ccccc6n7-c6ccccc6)ccc5c4c3o2)cc1. The standard InChI is InChI=1S/C49H29N3O3/c1-3-11-30(12-4-1)49-50-40-24-26-44-47(48(40)55-49)38-23-20-34(29-46(38)54-44)51(33-19-22-37-36-16-8-10-18-43(36)53-45(37)28-33)32-21-25-42-39(27-32)35-15-7-9-17-41(35)52(42)31-13-5-2-6-14-31/h1-29H. The van der Waals surface area contributed by atoms with Crippen LogP contribution < -0.4 is 4.90 Å². The largest absolute Gasteiger partial charge is 0.456 e. The fourth-order valence-electron chi connectivity index (χ4n) is 8.33. The van der Waals surface area contributed by atoms with Gasteiger partial charge in [-0.15, -0.1) is 0 Å². The normalized spacial score (nSPS) is 12.0. The molecule has 0 aliphatic carbocycles. The summed E-state index contributed by atoms with van der Waals surface area (Å²) in [5, 5.41) is 6.42. The van der Waals surface area contributed by atoms with Crippen molar-refractivity contribution in [1.29, 1.82) is 0 Å². The molecule has 0 aliphatic rings. The van der Waals surface area contributed by atoms with Crippen molar-refractivity contribution in [2.24, 2.45) is 0 Å². The van der Waals surface area contributed by atoms with Gasteiger partial charge in [-0.25, -0.2) is 4.98 Å². The van der Waals surface area contributed by atoms with E-state index in [9.17, 15) is 0 Å². The van der Waals surface area contributed by atoms with Gasteiger partial charge in [-0.1, -0.05) is 72.8 Å². The van der Waals surface area contributed by atoms with E-state index in [1.165, 1.54) is 10.8 Å². The van der Waals surface area contributed by atoms with Crippen molar-refractivity contribution in [3.8, 4) is 17.1 Å². The number of aromatic nitrogens is 2. The Hall–Kier alpha value is -7.57. The van der Waals surface area contributed by atoms with Crippen LogP contribution in [0.25, 0.3) is 93.9 Å². The number of nitrogens with zero attached hydrogens (tertiary/aromatic N) is 3. The molecule has 55 heavy (non-hydrogen) atoms. The molecular weight excluding hydrogens is 679 g/mol. The van der Waals surface area contributed by atoms with Crippen LogP contribution in [0.2, 0.25) is 0 Å². The molecule has 6 heteroatoms. The second kappa shape index (κ2) is 11.5. The first-order chi connectivity index (χ1) is 27.2. The molecule has 0 spiro atoms. The maximum absolute atomic E-state index is 6.59. The highest BCUT2D eigenvalue weighted by Gasteiger charge is 2.22. The number of para-hydroxylation sites is 3. The fourth-order valence-corrected chi connectivity index (χ4v) is 8.33. The van der Waals surface area contributed by atoms with Crippen LogP contribution in [0.15, 0.2) is 189 Å². The number of rotatable bonds is 5. The third-order valence-electron chi connectivity index (χ3n) is 10.8. The van der Waals surface area contributed by atoms with Crippen LogP contribution in [0.5, 0.6) is 0 Å². The minimum atomic E-state index is 0.588. The monoisotopic (exact) mass is 707 g/mol. The predicted molar refractivity (Wildman–Crippen MR) is 223 cm³/mol. The number of oxazole rings is 1. The van der Waals surface area contributed by atoms with E-state index in [-0.39, 0.29) is 0 Å². The fraction of sp³-hybridized carbons (Fsp3) is 0. The number of fused-ring (bicyclic) bond motifs is 11. The molecule has 0 atom stereocenters. The number of furan rings is 2. The second-order valence-electron chi connectivity index (χ2n) is 14.0. The molecule has 0 saturated heterocycles. The highest BCUT2D eigenvalue weighted by molar-refractivity contribution is 6.17. The van der Waals surface area contributed by atoms with Gasteiger partial charge in [0.15, 0.2) is 5.58 Å². The number of hydrogen-bond acceptors (Lipinski definition) is 5. The Kier molecular flexibility index (Phi) is 6.24. The molecule has 12 rings (SSSR count). The van der Waals surface area contributed by atoms with Crippen molar-refractivity contribution < 1.29 is 13.3 Å². The van der Waals surface area contributed by atoms with Crippen molar-refractivity contribution in [2.45, 2.75) is 0 Å². The lowest BCUT2D eigenvalue weighted by Crippen LogP contribution is -2.09. The molecule has 0 fully saturated rings. The van der Waals surface area contributed by atoms with Crippen LogP contribution in [0.4, 0.5) is 17.1 Å². The van der Waals surface area contributed by atoms with Crippen LogP contribution in [0, 0.1) is 0 Å². The highest BCUT2D eigenvalue weighted by Crippen LogP contribution is 2.44. The maximum Gasteiger partial charge on any atom is 0.227 e. The molecule has 6 nitrogen and oxygen atoms in total. The summed E-state index contributed by atoms with van der Waals surface area (Å²) in [5.74, 6) is 0.588. The lowest BCUT2D eigenvalue weighted by atomic mass is 10.1. The van der Waals surface area contributed by atoms with Crippen LogP contribution in [-0.2, 0) is 0 Å². The van der Waals surface area contributed by atoms with Gasteiger partial charge in [0.1, 0.15) is 27.8 Å². The Labute approximate surface area is 313 Å². The van der Waals surface area contributed by atoms with Crippen molar-refractivity contribution in [3.05, 3.63) is 176 Å². The molecule has 4 aromatic heterocycles. The van der Waals surface area contributed by atoms with E-state index in [0.717, 1.165) is 94.3 Å². The van der Waals surface area contributed by atoms with E-state index < -0.39 is 0 Å². The third kappa shape index (κ3) is 4.52. The van der Waals surface area contributed by atoms with Crippen molar-refractivity contribution >= 4 is 93.8 Å².